The molecule has 1 saturated carbocycles. The molecule has 3 aliphatic rings. The zero-order chi connectivity index (χ0) is 29.9. The first-order valence-corrected chi connectivity index (χ1v) is 16.1. The molecule has 4 atom stereocenters. The van der Waals surface area contributed by atoms with Crippen molar-refractivity contribution in [1.82, 2.24) is 4.31 Å². The number of esters is 1. The Morgan fingerprint density at radius 2 is 1.80 bits per heavy atom. The Bertz CT molecular complexity index is 1410. The average molecular weight is 608 g/mol. The zero-order valence-electron chi connectivity index (χ0n) is 23.2. The number of carbonyl (C=O) groups is 1. The third-order valence-electron chi connectivity index (χ3n) is 8.45. The molecule has 4 rings (SSSR count). The highest BCUT2D eigenvalue weighted by Crippen LogP contribution is 2.61. The molecule has 3 aliphatic carbocycles. The van der Waals surface area contributed by atoms with E-state index in [0.29, 0.717) is 32.1 Å². The summed E-state index contributed by atoms with van der Waals surface area (Å²) in [6.45, 7) is 6.97. The highest BCUT2D eigenvalue weighted by molar-refractivity contribution is 7.89. The van der Waals surface area contributed by atoms with Gasteiger partial charge >= 0.3 is 21.6 Å². The molecular formula is C27H36F3NO7S2. The van der Waals surface area contributed by atoms with Crippen LogP contribution in [-0.2, 0) is 40.3 Å². The van der Waals surface area contributed by atoms with Crippen molar-refractivity contribution in [2.75, 3.05) is 13.6 Å². The Balaban J connectivity index is 1.48. The average Bonchev–Trinajstić information content (AvgIpc) is 3.15. The van der Waals surface area contributed by atoms with E-state index in [1.807, 2.05) is 6.07 Å². The molecule has 224 valence electrons. The van der Waals surface area contributed by atoms with Crippen LogP contribution < -0.4 is 0 Å². The van der Waals surface area contributed by atoms with Crippen LogP contribution in [0.2, 0.25) is 0 Å². The fraction of sp³-hybridized carbons (Fsp3) is 0.667. The van der Waals surface area contributed by atoms with Gasteiger partial charge in [0.1, 0.15) is 11.4 Å². The number of alkyl halides is 3. The fourth-order valence-corrected chi connectivity index (χ4v) is 8.30. The van der Waals surface area contributed by atoms with Crippen LogP contribution in [0.5, 0.6) is 0 Å². The van der Waals surface area contributed by atoms with E-state index in [2.05, 4.69) is 4.18 Å². The van der Waals surface area contributed by atoms with Crippen LogP contribution in [0.25, 0.3) is 0 Å². The summed E-state index contributed by atoms with van der Waals surface area (Å²) in [5.41, 5.74) is -5.05. The summed E-state index contributed by atoms with van der Waals surface area (Å²) in [5, 5.41) is 0. The van der Waals surface area contributed by atoms with Gasteiger partial charge in [0.2, 0.25) is 10.0 Å². The summed E-state index contributed by atoms with van der Waals surface area (Å²) in [7, 11) is -8.18. The van der Waals surface area contributed by atoms with E-state index < -0.39 is 42.6 Å². The first-order chi connectivity index (χ1) is 18.3. The number of fused-ring (bicyclic) bond motifs is 5. The lowest BCUT2D eigenvalue weighted by molar-refractivity contribution is -0.154. The number of benzene rings is 1. The van der Waals surface area contributed by atoms with Gasteiger partial charge in [0.25, 0.3) is 0 Å². The van der Waals surface area contributed by atoms with E-state index in [4.69, 9.17) is 4.74 Å². The molecule has 8 nitrogen and oxygen atoms in total. The number of hydrogen-bond donors (Lipinski definition) is 0. The van der Waals surface area contributed by atoms with Gasteiger partial charge in [-0.1, -0.05) is 13.0 Å². The Morgan fingerprint density at radius 1 is 1.12 bits per heavy atom. The Kier molecular flexibility index (Phi) is 7.94. The molecule has 0 spiro atoms. The minimum absolute atomic E-state index is 0.0270. The van der Waals surface area contributed by atoms with Crippen molar-refractivity contribution in [3.63, 3.8) is 0 Å². The largest absolute Gasteiger partial charge is 0.534 e. The molecule has 1 fully saturated rings. The van der Waals surface area contributed by atoms with Crippen molar-refractivity contribution >= 4 is 26.1 Å². The lowest BCUT2D eigenvalue weighted by atomic mass is 9.55. The second-order valence-electron chi connectivity index (χ2n) is 12.2. The van der Waals surface area contributed by atoms with Crippen molar-refractivity contribution < 1.29 is 43.7 Å². The fourth-order valence-electron chi connectivity index (χ4n) is 6.48. The molecule has 2 unspecified atom stereocenters. The molecule has 1 aromatic rings. The van der Waals surface area contributed by atoms with Gasteiger partial charge in [-0.25, -0.2) is 12.7 Å². The molecule has 0 bridgehead atoms. The van der Waals surface area contributed by atoms with Crippen LogP contribution in [0.1, 0.15) is 76.8 Å². The van der Waals surface area contributed by atoms with Crippen LogP contribution in [0, 0.1) is 17.3 Å². The number of aryl methyl sites for hydroxylation is 1. The van der Waals surface area contributed by atoms with Crippen LogP contribution >= 0.6 is 0 Å². The SMILES string of the molecule is CN(CCC(=O)OC(C)(C)C)S(=O)(=O)c1ccc2c(c1)CC[C@@H]1C2CC[C@]2(C)C(OS(=O)(=O)C(F)(F)F)=CCC12. The van der Waals surface area contributed by atoms with Crippen LogP contribution in [0.3, 0.4) is 0 Å². The number of carbonyl (C=O) groups excluding carboxylic acids is 1. The van der Waals surface area contributed by atoms with Crippen molar-refractivity contribution in [3.05, 3.63) is 41.2 Å². The highest BCUT2D eigenvalue weighted by atomic mass is 32.2. The van der Waals surface area contributed by atoms with Gasteiger partial charge in [-0.15, -0.1) is 0 Å². The maximum Gasteiger partial charge on any atom is 0.534 e. The third kappa shape index (κ3) is 5.78. The van der Waals surface area contributed by atoms with E-state index in [-0.39, 0.29) is 41.4 Å². The second-order valence-corrected chi connectivity index (χ2v) is 15.8. The quantitative estimate of drug-likeness (QED) is 0.237. The second kappa shape index (κ2) is 10.3. The number of nitrogens with zero attached hydrogens (tertiary/aromatic N) is 1. The lowest BCUT2D eigenvalue weighted by Gasteiger charge is -2.49. The molecule has 0 aliphatic heterocycles. The monoisotopic (exact) mass is 607 g/mol. The number of sulfonamides is 1. The van der Waals surface area contributed by atoms with Crippen molar-refractivity contribution in [3.8, 4) is 0 Å². The van der Waals surface area contributed by atoms with E-state index in [1.165, 1.54) is 13.1 Å². The lowest BCUT2D eigenvalue weighted by Crippen LogP contribution is -2.42. The number of rotatable bonds is 7. The van der Waals surface area contributed by atoms with Gasteiger partial charge < -0.3 is 8.92 Å². The Labute approximate surface area is 234 Å². The van der Waals surface area contributed by atoms with Crippen LogP contribution in [0.4, 0.5) is 13.2 Å². The molecule has 0 saturated heterocycles. The maximum absolute atomic E-state index is 13.2. The van der Waals surface area contributed by atoms with Gasteiger partial charge in [-0.3, -0.25) is 4.79 Å². The van der Waals surface area contributed by atoms with Gasteiger partial charge in [0.05, 0.1) is 11.3 Å². The van der Waals surface area contributed by atoms with Gasteiger partial charge in [0.15, 0.2) is 0 Å². The molecular weight excluding hydrogens is 571 g/mol. The molecule has 1 aromatic carbocycles. The van der Waals surface area contributed by atoms with E-state index in [1.54, 1.807) is 39.8 Å². The third-order valence-corrected chi connectivity index (χ3v) is 11.3. The van der Waals surface area contributed by atoms with E-state index in [0.717, 1.165) is 15.4 Å². The summed E-state index contributed by atoms with van der Waals surface area (Å²) in [5.74, 6) is -0.525. The molecule has 0 aromatic heterocycles. The van der Waals surface area contributed by atoms with Crippen molar-refractivity contribution in [2.45, 2.75) is 88.1 Å². The predicted molar refractivity (Wildman–Crippen MR) is 141 cm³/mol. The molecule has 0 radical (unpaired) electrons. The molecule has 0 amide bonds. The number of halogens is 3. The predicted octanol–water partition coefficient (Wildman–Crippen LogP) is 5.26. The first kappa shape index (κ1) is 30.8. The topological polar surface area (TPSA) is 107 Å². The maximum atomic E-state index is 13.2. The first-order valence-electron chi connectivity index (χ1n) is 13.3. The highest BCUT2D eigenvalue weighted by Gasteiger charge is 2.56. The number of allylic oxidation sites excluding steroid dienone is 2. The summed E-state index contributed by atoms with van der Waals surface area (Å²) in [6.07, 6.45) is 4.17. The van der Waals surface area contributed by atoms with Gasteiger partial charge in [0, 0.05) is 19.0 Å². The van der Waals surface area contributed by atoms with Crippen molar-refractivity contribution in [1.29, 1.82) is 0 Å². The normalized spacial score (nSPS) is 26.9. The Morgan fingerprint density at radius 3 is 2.42 bits per heavy atom. The molecule has 0 heterocycles. The van der Waals surface area contributed by atoms with Crippen LogP contribution in [0.15, 0.2) is 34.9 Å². The standard InChI is InChI=1S/C27H36F3NO7S2/c1-25(2,3)37-24(32)13-15-31(5)39(33,34)18-7-9-19-17(16-18)6-8-21-20(19)12-14-26(4)22(21)10-11-23(26)38-40(35,36)27(28,29)30/h7,9,11,16,20-22H,6,8,10,12-15H2,1-5H3/t20?,21-,22?,26+/m1/s1. The molecule has 13 heteroatoms. The summed E-state index contributed by atoms with van der Waals surface area (Å²) < 4.78 is 99.8. The van der Waals surface area contributed by atoms with Gasteiger partial charge in [-0.05, 0) is 100.0 Å². The van der Waals surface area contributed by atoms with Crippen LogP contribution in [-0.4, -0.2) is 51.8 Å². The van der Waals surface area contributed by atoms with E-state index in [9.17, 15) is 34.8 Å². The van der Waals surface area contributed by atoms with Crippen molar-refractivity contribution in [2.24, 2.45) is 17.3 Å². The molecule has 0 N–H and O–H groups in total. The number of hydrogen-bond acceptors (Lipinski definition) is 7. The zero-order valence-corrected chi connectivity index (χ0v) is 24.9. The Hall–Kier alpha value is -2.12. The minimum atomic E-state index is -5.75. The number of ether oxygens (including phenoxy) is 1. The van der Waals surface area contributed by atoms with Gasteiger partial charge in [-0.2, -0.15) is 21.6 Å². The molecule has 40 heavy (non-hydrogen) atoms. The smallest absolute Gasteiger partial charge is 0.460 e. The van der Waals surface area contributed by atoms with E-state index >= 15 is 0 Å². The summed E-state index contributed by atoms with van der Waals surface area (Å²) >= 11 is 0. The minimum Gasteiger partial charge on any atom is -0.460 e. The summed E-state index contributed by atoms with van der Waals surface area (Å²) in [6, 6.07) is 5.05. The summed E-state index contributed by atoms with van der Waals surface area (Å²) in [4.78, 5) is 12.2.